The predicted octanol–water partition coefficient (Wildman–Crippen LogP) is -1.71. The van der Waals surface area contributed by atoms with Gasteiger partial charge in [-0.25, -0.2) is 0 Å². The second-order valence-electron chi connectivity index (χ2n) is 1.07. The largest absolute Gasteiger partial charge is 2.00 e. The first-order valence-corrected chi connectivity index (χ1v) is 4.81. The summed E-state index contributed by atoms with van der Waals surface area (Å²) in [5.74, 6) is 0. The van der Waals surface area contributed by atoms with Gasteiger partial charge in [-0.2, -0.15) is 0 Å². The molecule has 0 aliphatic carbocycles. The van der Waals surface area contributed by atoms with Gasteiger partial charge in [-0.05, 0) is 0 Å². The number of rotatable bonds is 3. The van der Waals surface area contributed by atoms with E-state index in [1.165, 1.54) is 6.08 Å². The molecule has 0 rings (SSSR count). The zero-order valence-electron chi connectivity index (χ0n) is 6.19. The molecule has 0 aromatic rings. The molecule has 0 bridgehead atoms. The molecule has 0 fully saturated rings. The van der Waals surface area contributed by atoms with E-state index in [9.17, 15) is 18.9 Å². The average molecular weight is 242 g/mol. The summed E-state index contributed by atoms with van der Waals surface area (Å²) in [6.07, 6.45) is 1.43. The van der Waals surface area contributed by atoms with Crippen LogP contribution in [0.1, 0.15) is 0 Å². The Bertz CT molecular complexity index is 138. The summed E-state index contributed by atoms with van der Waals surface area (Å²) >= 11 is 0. The smallest absolute Gasteiger partial charge is 0.781 e. The van der Waals surface area contributed by atoms with Gasteiger partial charge in [-0.1, -0.05) is 6.08 Å². The number of aliphatic hydroxyl groups excluding tert-OH is 1. The van der Waals surface area contributed by atoms with E-state index in [4.69, 9.17) is 5.11 Å². The number of hydrogen-bond donors (Lipinski definition) is 1. The minimum atomic E-state index is -3.51. The topological polar surface area (TPSA) is 110 Å². The Morgan fingerprint density at radius 1 is 1.42 bits per heavy atom. The number of aliphatic hydroxyl groups is 1. The van der Waals surface area contributed by atoms with E-state index in [0.29, 0.717) is 0 Å². The Morgan fingerprint density at radius 2 is 1.67 bits per heavy atom. The molecular weight excluding hydrogens is 234 g/mol. The average Bonchev–Trinajstić information content (AvgIpc) is 1.85. The van der Waals surface area contributed by atoms with Crippen molar-refractivity contribution in [2.75, 3.05) is 6.61 Å². The van der Waals surface area contributed by atoms with Crippen molar-refractivity contribution in [3.8, 4) is 0 Å². The molecule has 2 atom stereocenters. The molecule has 0 saturated heterocycles. The van der Waals surface area contributed by atoms with Gasteiger partial charge in [0.2, 0.25) is 0 Å². The SMILES string of the molecule is C=CCO.O=[PH]([O-])O[PH](=O)[O-].[Ca+2]. The van der Waals surface area contributed by atoms with E-state index in [0.717, 1.165) is 0 Å². The molecule has 0 aliphatic rings. The van der Waals surface area contributed by atoms with Crippen LogP contribution in [-0.2, 0) is 13.4 Å². The fourth-order valence-corrected chi connectivity index (χ4v) is 0.612. The number of hydrogen-bond acceptors (Lipinski definition) is 6. The minimum absolute atomic E-state index is 0. The first kappa shape index (κ1) is 19.0. The van der Waals surface area contributed by atoms with Crippen LogP contribution < -0.4 is 9.79 Å². The van der Waals surface area contributed by atoms with E-state index in [1.807, 2.05) is 0 Å². The third kappa shape index (κ3) is 30.2. The third-order valence-corrected chi connectivity index (χ3v) is 1.63. The van der Waals surface area contributed by atoms with Gasteiger partial charge < -0.3 is 24.0 Å². The van der Waals surface area contributed by atoms with Crippen LogP contribution in [0.15, 0.2) is 12.7 Å². The van der Waals surface area contributed by atoms with Crippen LogP contribution in [0, 0.1) is 0 Å². The molecular formula is C3H8CaO6P2. The summed E-state index contributed by atoms with van der Waals surface area (Å²) in [5, 5.41) is 7.76. The standard InChI is InChI=1S/C3H6O.Ca.H4O5P2/c1-2-3-4;;1-6(2)5-7(3)4/h2,4H,1,3H2;;6-7H,(H,1,2)(H,3,4)/q;+2;/p-2. The monoisotopic (exact) mass is 242 g/mol. The van der Waals surface area contributed by atoms with Crippen molar-refractivity contribution in [1.82, 2.24) is 0 Å². The van der Waals surface area contributed by atoms with Gasteiger partial charge in [-0.3, -0.25) is 4.31 Å². The first-order valence-electron chi connectivity index (χ1n) is 2.36. The van der Waals surface area contributed by atoms with Crippen molar-refractivity contribution in [3.05, 3.63) is 12.7 Å². The molecule has 0 aromatic carbocycles. The summed E-state index contributed by atoms with van der Waals surface area (Å²) in [6, 6.07) is 0. The molecule has 0 amide bonds. The van der Waals surface area contributed by atoms with Crippen molar-refractivity contribution >= 4 is 54.2 Å². The Balaban J connectivity index is -0.000000142. The van der Waals surface area contributed by atoms with Gasteiger partial charge in [0.15, 0.2) is 0 Å². The molecule has 12 heavy (non-hydrogen) atoms. The van der Waals surface area contributed by atoms with Crippen molar-refractivity contribution in [2.24, 2.45) is 0 Å². The summed E-state index contributed by atoms with van der Waals surface area (Å²) in [4.78, 5) is 18.6. The van der Waals surface area contributed by atoms with Crippen molar-refractivity contribution < 1.29 is 28.3 Å². The molecule has 0 aliphatic heterocycles. The van der Waals surface area contributed by atoms with Gasteiger partial charge in [0.05, 0.1) is 6.61 Å². The van der Waals surface area contributed by atoms with Gasteiger partial charge in [-0.15, -0.1) is 6.58 Å². The Hall–Kier alpha value is 1.30. The van der Waals surface area contributed by atoms with Crippen LogP contribution in [0.25, 0.3) is 0 Å². The molecule has 2 unspecified atom stereocenters. The molecule has 0 aromatic heterocycles. The minimum Gasteiger partial charge on any atom is -0.781 e. The zero-order valence-corrected chi connectivity index (χ0v) is 10.4. The maximum absolute atomic E-state index is 9.29. The molecule has 1 N–H and O–H groups in total. The van der Waals surface area contributed by atoms with Crippen molar-refractivity contribution in [1.29, 1.82) is 0 Å². The van der Waals surface area contributed by atoms with E-state index in [-0.39, 0.29) is 44.3 Å². The van der Waals surface area contributed by atoms with E-state index >= 15 is 0 Å². The van der Waals surface area contributed by atoms with Crippen LogP contribution in [0.5, 0.6) is 0 Å². The molecule has 0 radical (unpaired) electrons. The Morgan fingerprint density at radius 3 is 1.67 bits per heavy atom. The summed E-state index contributed by atoms with van der Waals surface area (Å²) < 4.78 is 21.8. The molecule has 0 spiro atoms. The summed E-state index contributed by atoms with van der Waals surface area (Å²) in [7, 11) is -7.03. The van der Waals surface area contributed by atoms with E-state index in [1.54, 1.807) is 0 Å². The first-order chi connectivity index (χ1) is 5.04. The van der Waals surface area contributed by atoms with Crippen LogP contribution in [-0.4, -0.2) is 49.5 Å². The fraction of sp³-hybridized carbons (Fsp3) is 0.333. The fourth-order valence-electron chi connectivity index (χ4n) is 0.0680. The molecule has 68 valence electrons. The normalized spacial score (nSPS) is 12.9. The summed E-state index contributed by atoms with van der Waals surface area (Å²) in [5.41, 5.74) is 0. The van der Waals surface area contributed by atoms with Crippen LogP contribution in [0.2, 0.25) is 0 Å². The molecule has 6 nitrogen and oxygen atoms in total. The molecule has 0 heterocycles. The Labute approximate surface area is 101 Å². The quantitative estimate of drug-likeness (QED) is 0.358. The molecule has 9 heteroatoms. The Kier molecular flexibility index (Phi) is 23.4. The predicted molar refractivity (Wildman–Crippen MR) is 42.1 cm³/mol. The molecule has 0 saturated carbocycles. The second kappa shape index (κ2) is 14.8. The maximum Gasteiger partial charge on any atom is 2.00 e. The second-order valence-corrected chi connectivity index (χ2v) is 2.89. The van der Waals surface area contributed by atoms with Gasteiger partial charge in [0.1, 0.15) is 16.5 Å². The van der Waals surface area contributed by atoms with Crippen molar-refractivity contribution in [3.63, 3.8) is 0 Å². The van der Waals surface area contributed by atoms with E-state index in [2.05, 4.69) is 10.9 Å². The zero-order chi connectivity index (χ0) is 9.28. The third-order valence-electron chi connectivity index (χ3n) is 0.296. The van der Waals surface area contributed by atoms with Crippen LogP contribution in [0.3, 0.4) is 0 Å². The van der Waals surface area contributed by atoms with Crippen LogP contribution in [0.4, 0.5) is 0 Å². The van der Waals surface area contributed by atoms with Gasteiger partial charge in [0.25, 0.3) is 0 Å². The van der Waals surface area contributed by atoms with E-state index < -0.39 is 16.5 Å². The van der Waals surface area contributed by atoms with Crippen molar-refractivity contribution in [2.45, 2.75) is 0 Å². The maximum atomic E-state index is 9.29. The van der Waals surface area contributed by atoms with Gasteiger partial charge in [0, 0.05) is 0 Å². The van der Waals surface area contributed by atoms with Gasteiger partial charge >= 0.3 is 37.7 Å². The van der Waals surface area contributed by atoms with Crippen LogP contribution >= 0.6 is 16.5 Å². The summed E-state index contributed by atoms with van der Waals surface area (Å²) in [6.45, 7) is 3.31.